The number of aromatic nitrogens is 2. The largest absolute Gasteiger partial charge is 0.463 e. The van der Waals surface area contributed by atoms with E-state index in [2.05, 4.69) is 29.3 Å². The molecule has 0 saturated carbocycles. The normalized spacial score (nSPS) is 16.8. The van der Waals surface area contributed by atoms with Crippen molar-refractivity contribution < 1.29 is 9.21 Å². The average molecular weight is 307 g/mol. The first kappa shape index (κ1) is 13.8. The molecule has 0 saturated heterocycles. The summed E-state index contributed by atoms with van der Waals surface area (Å²) in [6, 6.07) is 13.7. The van der Waals surface area contributed by atoms with Gasteiger partial charge in [0.1, 0.15) is 5.69 Å². The average Bonchev–Trinajstić information content (AvgIpc) is 3.28. The molecule has 1 aliphatic heterocycles. The van der Waals surface area contributed by atoms with Crippen molar-refractivity contribution >= 4 is 5.91 Å². The van der Waals surface area contributed by atoms with E-state index in [1.165, 1.54) is 0 Å². The summed E-state index contributed by atoms with van der Waals surface area (Å²) in [5, 5.41) is 7.25. The highest BCUT2D eigenvalue weighted by molar-refractivity contribution is 5.99. The number of nitrogens with one attached hydrogen (secondary N) is 1. The maximum atomic E-state index is 12.8. The van der Waals surface area contributed by atoms with E-state index in [9.17, 15) is 4.79 Å². The summed E-state index contributed by atoms with van der Waals surface area (Å²) in [6.45, 7) is 2.78. The van der Waals surface area contributed by atoms with Gasteiger partial charge in [-0.3, -0.25) is 9.89 Å². The zero-order valence-electron chi connectivity index (χ0n) is 12.8. The van der Waals surface area contributed by atoms with Crippen molar-refractivity contribution in [1.29, 1.82) is 0 Å². The molecule has 0 unspecified atom stereocenters. The van der Waals surface area contributed by atoms with Gasteiger partial charge < -0.3 is 9.32 Å². The third-order valence-corrected chi connectivity index (χ3v) is 4.20. The summed E-state index contributed by atoms with van der Waals surface area (Å²) in [4.78, 5) is 14.7. The Labute approximate surface area is 133 Å². The van der Waals surface area contributed by atoms with Crippen LogP contribution in [0.4, 0.5) is 0 Å². The zero-order chi connectivity index (χ0) is 15.8. The smallest absolute Gasteiger partial charge is 0.275 e. The predicted molar refractivity (Wildman–Crippen MR) is 85.9 cm³/mol. The molecular weight excluding hydrogens is 290 g/mol. The van der Waals surface area contributed by atoms with Crippen LogP contribution >= 0.6 is 0 Å². The second-order valence-electron chi connectivity index (χ2n) is 5.65. The number of carbonyl (C=O) groups excluding carboxylic acids is 1. The molecule has 1 amide bonds. The lowest BCUT2D eigenvalue weighted by atomic mass is 9.98. The SMILES string of the molecule is CCCN1C(=O)c2n[nH]c(-c3ccco3)c2[C@H]1c1ccccc1. The molecule has 116 valence electrons. The van der Waals surface area contributed by atoms with E-state index >= 15 is 0 Å². The van der Waals surface area contributed by atoms with E-state index in [1.54, 1.807) is 6.26 Å². The number of carbonyl (C=O) groups is 1. The van der Waals surface area contributed by atoms with E-state index in [0.717, 1.165) is 23.2 Å². The number of furan rings is 1. The summed E-state index contributed by atoms with van der Waals surface area (Å²) in [5.41, 5.74) is 3.27. The molecule has 4 rings (SSSR count). The summed E-state index contributed by atoms with van der Waals surface area (Å²) in [7, 11) is 0. The van der Waals surface area contributed by atoms with Crippen LogP contribution in [0.5, 0.6) is 0 Å². The van der Waals surface area contributed by atoms with Gasteiger partial charge in [-0.05, 0) is 24.1 Å². The van der Waals surface area contributed by atoms with Crippen molar-refractivity contribution in [3.63, 3.8) is 0 Å². The van der Waals surface area contributed by atoms with Gasteiger partial charge in [0.2, 0.25) is 0 Å². The monoisotopic (exact) mass is 307 g/mol. The molecule has 5 nitrogen and oxygen atoms in total. The second kappa shape index (κ2) is 5.43. The van der Waals surface area contributed by atoms with E-state index in [0.29, 0.717) is 18.0 Å². The highest BCUT2D eigenvalue weighted by atomic mass is 16.3. The first-order valence-corrected chi connectivity index (χ1v) is 7.79. The molecule has 0 aliphatic carbocycles. The van der Waals surface area contributed by atoms with E-state index in [4.69, 9.17) is 4.42 Å². The third kappa shape index (κ3) is 2.08. The molecule has 5 heteroatoms. The Balaban J connectivity index is 1.90. The lowest BCUT2D eigenvalue weighted by molar-refractivity contribution is 0.0744. The molecule has 2 aromatic heterocycles. The van der Waals surface area contributed by atoms with Gasteiger partial charge in [-0.15, -0.1) is 0 Å². The molecule has 0 radical (unpaired) electrons. The number of H-pyrrole nitrogens is 1. The Morgan fingerprint density at radius 1 is 1.22 bits per heavy atom. The quantitative estimate of drug-likeness (QED) is 0.800. The van der Waals surface area contributed by atoms with Crippen LogP contribution in [-0.4, -0.2) is 27.5 Å². The van der Waals surface area contributed by atoms with Crippen LogP contribution in [0.3, 0.4) is 0 Å². The Bertz CT molecular complexity index is 821. The van der Waals surface area contributed by atoms with Crippen molar-refractivity contribution in [2.45, 2.75) is 19.4 Å². The van der Waals surface area contributed by atoms with E-state index in [1.807, 2.05) is 35.2 Å². The van der Waals surface area contributed by atoms with Crippen molar-refractivity contribution in [2.24, 2.45) is 0 Å². The van der Waals surface area contributed by atoms with Gasteiger partial charge in [-0.2, -0.15) is 5.10 Å². The summed E-state index contributed by atoms with van der Waals surface area (Å²) in [5.74, 6) is 0.676. The predicted octanol–water partition coefficient (Wildman–Crippen LogP) is 3.62. The molecule has 0 bridgehead atoms. The summed E-state index contributed by atoms with van der Waals surface area (Å²) >= 11 is 0. The topological polar surface area (TPSA) is 62.1 Å². The van der Waals surface area contributed by atoms with Gasteiger partial charge >= 0.3 is 0 Å². The van der Waals surface area contributed by atoms with Crippen LogP contribution in [-0.2, 0) is 0 Å². The Hall–Kier alpha value is -2.82. The minimum Gasteiger partial charge on any atom is -0.463 e. The summed E-state index contributed by atoms with van der Waals surface area (Å²) < 4.78 is 5.52. The number of aromatic amines is 1. The molecule has 3 heterocycles. The fourth-order valence-corrected chi connectivity index (χ4v) is 3.25. The first-order chi connectivity index (χ1) is 11.3. The molecule has 0 fully saturated rings. The van der Waals surface area contributed by atoms with Crippen LogP contribution < -0.4 is 0 Å². The van der Waals surface area contributed by atoms with Gasteiger partial charge in [0.15, 0.2) is 11.5 Å². The first-order valence-electron chi connectivity index (χ1n) is 7.79. The maximum absolute atomic E-state index is 12.8. The second-order valence-corrected chi connectivity index (χ2v) is 5.65. The van der Waals surface area contributed by atoms with Crippen LogP contribution in [0.1, 0.15) is 41.0 Å². The fraction of sp³-hybridized carbons (Fsp3) is 0.222. The van der Waals surface area contributed by atoms with Crippen molar-refractivity contribution in [2.75, 3.05) is 6.54 Å². The number of fused-ring (bicyclic) bond motifs is 1. The van der Waals surface area contributed by atoms with Gasteiger partial charge in [0.25, 0.3) is 5.91 Å². The molecular formula is C18H17N3O2. The van der Waals surface area contributed by atoms with Gasteiger partial charge in [0.05, 0.1) is 12.3 Å². The minimum absolute atomic E-state index is 0.0234. The van der Waals surface area contributed by atoms with Crippen molar-refractivity contribution in [3.05, 3.63) is 65.5 Å². The molecule has 0 spiro atoms. The fourth-order valence-electron chi connectivity index (χ4n) is 3.25. The third-order valence-electron chi connectivity index (χ3n) is 4.20. The Morgan fingerprint density at radius 3 is 2.74 bits per heavy atom. The van der Waals surface area contributed by atoms with Gasteiger partial charge in [0, 0.05) is 12.1 Å². The number of amides is 1. The highest BCUT2D eigenvalue weighted by Gasteiger charge is 2.42. The zero-order valence-corrected chi connectivity index (χ0v) is 12.8. The van der Waals surface area contributed by atoms with Gasteiger partial charge in [-0.1, -0.05) is 37.3 Å². The molecule has 1 aliphatic rings. The van der Waals surface area contributed by atoms with Crippen molar-refractivity contribution in [1.82, 2.24) is 15.1 Å². The molecule has 23 heavy (non-hydrogen) atoms. The molecule has 1 atom stereocenters. The van der Waals surface area contributed by atoms with E-state index < -0.39 is 0 Å². The van der Waals surface area contributed by atoms with Crippen LogP contribution in [0.25, 0.3) is 11.5 Å². The van der Waals surface area contributed by atoms with Crippen LogP contribution in [0.15, 0.2) is 53.1 Å². The lowest BCUT2D eigenvalue weighted by Gasteiger charge is -2.25. The number of benzene rings is 1. The van der Waals surface area contributed by atoms with Crippen molar-refractivity contribution in [3.8, 4) is 11.5 Å². The van der Waals surface area contributed by atoms with Crippen LogP contribution in [0.2, 0.25) is 0 Å². The number of hydrogen-bond acceptors (Lipinski definition) is 3. The standard InChI is InChI=1S/C18H17N3O2/c1-2-10-21-17(12-7-4-3-5-8-12)14-15(13-9-6-11-23-13)19-20-16(14)18(21)22/h3-9,11,17H,2,10H2,1H3,(H,19,20)/t17-/m1/s1. The maximum Gasteiger partial charge on any atom is 0.275 e. The lowest BCUT2D eigenvalue weighted by Crippen LogP contribution is -2.30. The number of nitrogens with zero attached hydrogens (tertiary/aromatic N) is 2. The number of rotatable bonds is 4. The molecule has 1 N–H and O–H groups in total. The van der Waals surface area contributed by atoms with Gasteiger partial charge in [-0.25, -0.2) is 0 Å². The minimum atomic E-state index is -0.127. The van der Waals surface area contributed by atoms with E-state index in [-0.39, 0.29) is 11.9 Å². The number of hydrogen-bond donors (Lipinski definition) is 1. The Kier molecular flexibility index (Phi) is 3.26. The highest BCUT2D eigenvalue weighted by Crippen LogP contribution is 2.42. The van der Waals surface area contributed by atoms with Crippen LogP contribution in [0, 0.1) is 0 Å². The molecule has 1 aromatic carbocycles. The molecule has 3 aromatic rings. The summed E-state index contributed by atoms with van der Waals surface area (Å²) in [6.07, 6.45) is 2.53. The Morgan fingerprint density at radius 2 is 2.04 bits per heavy atom.